The molecule has 0 unspecified atom stereocenters. The number of phenols is 1. The third-order valence-electron chi connectivity index (χ3n) is 4.35. The van der Waals surface area contributed by atoms with E-state index in [4.69, 9.17) is 11.6 Å². The summed E-state index contributed by atoms with van der Waals surface area (Å²) in [7, 11) is -3.57. The van der Waals surface area contributed by atoms with Gasteiger partial charge in [0.25, 0.3) is 0 Å². The zero-order valence-electron chi connectivity index (χ0n) is 15.2. The Morgan fingerprint density at radius 2 is 2.00 bits per heavy atom. The Hall–Kier alpha value is -2.76. The lowest BCUT2D eigenvalue weighted by molar-refractivity contribution is -0.385. The number of hydrazone groups is 1. The van der Waals surface area contributed by atoms with Crippen molar-refractivity contribution in [3.05, 3.63) is 51.2 Å². The topological polar surface area (TPSA) is 138 Å². The number of hydrogen-bond donors (Lipinski definition) is 2. The molecular formula is C17H18ClN5O5S. The molecule has 1 aromatic carbocycles. The van der Waals surface area contributed by atoms with E-state index in [1.807, 2.05) is 0 Å². The average molecular weight is 440 g/mol. The van der Waals surface area contributed by atoms with Gasteiger partial charge in [-0.1, -0.05) is 18.0 Å². The van der Waals surface area contributed by atoms with Crippen LogP contribution in [0.3, 0.4) is 0 Å². The highest BCUT2D eigenvalue weighted by Crippen LogP contribution is 2.32. The van der Waals surface area contributed by atoms with E-state index in [0.29, 0.717) is 13.1 Å². The minimum Gasteiger partial charge on any atom is -0.502 e. The number of sulfonamides is 1. The van der Waals surface area contributed by atoms with Crippen LogP contribution in [-0.4, -0.2) is 47.0 Å². The molecular weight excluding hydrogens is 422 g/mol. The van der Waals surface area contributed by atoms with Gasteiger partial charge in [0.05, 0.1) is 11.1 Å². The van der Waals surface area contributed by atoms with Crippen LogP contribution in [0.5, 0.6) is 5.75 Å². The maximum atomic E-state index is 12.6. The second-order valence-electron chi connectivity index (χ2n) is 6.33. The van der Waals surface area contributed by atoms with Crippen molar-refractivity contribution in [2.45, 2.75) is 24.2 Å². The third-order valence-corrected chi connectivity index (χ3v) is 6.45. The number of rotatable bonds is 6. The molecule has 0 saturated carbocycles. The van der Waals surface area contributed by atoms with Gasteiger partial charge < -0.3 is 5.11 Å². The fraction of sp³-hybridized carbons (Fsp3) is 0.294. The quantitative estimate of drug-likeness (QED) is 0.400. The molecule has 2 heterocycles. The van der Waals surface area contributed by atoms with Crippen LogP contribution in [0.1, 0.15) is 24.8 Å². The SMILES string of the molecule is O=[N+]([O-])c1cc(Cl)cc(/C=N/Nc2ccc(S(=O)(=O)N3CCCCC3)cn2)c1O. The van der Waals surface area contributed by atoms with E-state index in [9.17, 15) is 23.6 Å². The molecule has 29 heavy (non-hydrogen) atoms. The van der Waals surface area contributed by atoms with Gasteiger partial charge in [0.1, 0.15) is 10.7 Å². The lowest BCUT2D eigenvalue weighted by atomic mass is 10.2. The van der Waals surface area contributed by atoms with Gasteiger partial charge in [0.2, 0.25) is 15.8 Å². The van der Waals surface area contributed by atoms with E-state index in [0.717, 1.165) is 31.5 Å². The van der Waals surface area contributed by atoms with Crippen LogP contribution >= 0.6 is 11.6 Å². The monoisotopic (exact) mass is 439 g/mol. The number of nitrogens with one attached hydrogen (secondary N) is 1. The molecule has 0 atom stereocenters. The second-order valence-corrected chi connectivity index (χ2v) is 8.71. The number of phenolic OH excluding ortho intramolecular Hbond substituents is 1. The molecule has 0 radical (unpaired) electrons. The van der Waals surface area contributed by atoms with E-state index < -0.39 is 26.4 Å². The van der Waals surface area contributed by atoms with Gasteiger partial charge in [-0.05, 0) is 31.0 Å². The standard InChI is InChI=1S/C17H18ClN5O5S/c18-13-8-12(17(24)15(9-13)23(25)26)10-20-21-16-5-4-14(11-19-16)29(27,28)22-6-2-1-3-7-22/h4-5,8-11,24H,1-3,6-7H2,(H,19,21)/b20-10+. The highest BCUT2D eigenvalue weighted by Gasteiger charge is 2.26. The molecule has 1 aromatic heterocycles. The van der Waals surface area contributed by atoms with Gasteiger partial charge in [-0.3, -0.25) is 15.5 Å². The first-order valence-corrected chi connectivity index (χ1v) is 10.5. The van der Waals surface area contributed by atoms with E-state index in [1.165, 1.54) is 28.7 Å². The minimum absolute atomic E-state index is 0.0426. The molecule has 1 aliphatic heterocycles. The fourth-order valence-electron chi connectivity index (χ4n) is 2.86. The van der Waals surface area contributed by atoms with Crippen LogP contribution in [0.4, 0.5) is 11.5 Å². The lowest BCUT2D eigenvalue weighted by Crippen LogP contribution is -2.35. The Labute approximate surface area is 172 Å². The Balaban J connectivity index is 1.72. The molecule has 10 nitrogen and oxygen atoms in total. The zero-order chi connectivity index (χ0) is 21.0. The number of halogens is 1. The minimum atomic E-state index is -3.57. The van der Waals surface area contributed by atoms with Crippen LogP contribution in [0, 0.1) is 10.1 Å². The van der Waals surface area contributed by atoms with Crippen LogP contribution < -0.4 is 5.43 Å². The van der Waals surface area contributed by atoms with Crippen molar-refractivity contribution in [2.24, 2.45) is 5.10 Å². The molecule has 0 aliphatic carbocycles. The number of hydrogen-bond acceptors (Lipinski definition) is 8. The van der Waals surface area contributed by atoms with Crippen molar-refractivity contribution in [3.63, 3.8) is 0 Å². The van der Waals surface area contributed by atoms with Crippen molar-refractivity contribution in [3.8, 4) is 5.75 Å². The van der Waals surface area contributed by atoms with E-state index in [2.05, 4.69) is 15.5 Å². The number of nitrogens with zero attached hydrogens (tertiary/aromatic N) is 4. The summed E-state index contributed by atoms with van der Waals surface area (Å²) in [5, 5.41) is 24.8. The van der Waals surface area contributed by atoms with Crippen molar-refractivity contribution >= 4 is 39.3 Å². The predicted octanol–water partition coefficient (Wildman–Crippen LogP) is 2.97. The first-order chi connectivity index (χ1) is 13.8. The fourth-order valence-corrected chi connectivity index (χ4v) is 4.55. The number of nitro benzene ring substituents is 1. The first kappa shape index (κ1) is 21.0. The number of aromatic nitrogens is 1. The Bertz CT molecular complexity index is 1040. The molecule has 1 aliphatic rings. The zero-order valence-corrected chi connectivity index (χ0v) is 16.7. The largest absolute Gasteiger partial charge is 0.502 e. The number of anilines is 1. The van der Waals surface area contributed by atoms with Gasteiger partial charge in [0.15, 0.2) is 0 Å². The van der Waals surface area contributed by atoms with Crippen LogP contribution in [0.25, 0.3) is 0 Å². The molecule has 12 heteroatoms. The summed E-state index contributed by atoms with van der Waals surface area (Å²) in [6.45, 7) is 1.00. The van der Waals surface area contributed by atoms with Crippen molar-refractivity contribution in [1.82, 2.24) is 9.29 Å². The van der Waals surface area contributed by atoms with Crippen LogP contribution in [0.15, 0.2) is 40.5 Å². The molecule has 1 saturated heterocycles. The highest BCUT2D eigenvalue weighted by atomic mass is 35.5. The molecule has 1 fully saturated rings. The molecule has 0 amide bonds. The summed E-state index contributed by atoms with van der Waals surface area (Å²) >= 11 is 5.82. The highest BCUT2D eigenvalue weighted by molar-refractivity contribution is 7.89. The van der Waals surface area contributed by atoms with E-state index in [-0.39, 0.29) is 21.3 Å². The number of pyridine rings is 1. The molecule has 0 spiro atoms. The molecule has 2 aromatic rings. The van der Waals surface area contributed by atoms with Crippen molar-refractivity contribution in [1.29, 1.82) is 0 Å². The number of nitro groups is 1. The summed E-state index contributed by atoms with van der Waals surface area (Å²) in [6.07, 6.45) is 5.10. The van der Waals surface area contributed by atoms with Gasteiger partial charge in [0, 0.05) is 35.9 Å². The van der Waals surface area contributed by atoms with Gasteiger partial charge in [-0.15, -0.1) is 0 Å². The summed E-state index contributed by atoms with van der Waals surface area (Å²) in [4.78, 5) is 14.3. The average Bonchev–Trinajstić information content (AvgIpc) is 2.71. The number of piperidine rings is 1. The Kier molecular flexibility index (Phi) is 6.30. The molecule has 0 bridgehead atoms. The normalized spacial score (nSPS) is 15.5. The molecule has 2 N–H and O–H groups in total. The number of benzene rings is 1. The maximum Gasteiger partial charge on any atom is 0.312 e. The van der Waals surface area contributed by atoms with Crippen molar-refractivity contribution in [2.75, 3.05) is 18.5 Å². The smallest absolute Gasteiger partial charge is 0.312 e. The van der Waals surface area contributed by atoms with Gasteiger partial charge >= 0.3 is 5.69 Å². The van der Waals surface area contributed by atoms with Crippen LogP contribution in [-0.2, 0) is 10.0 Å². The lowest BCUT2D eigenvalue weighted by Gasteiger charge is -2.25. The Morgan fingerprint density at radius 1 is 1.28 bits per heavy atom. The molecule has 154 valence electrons. The maximum absolute atomic E-state index is 12.6. The summed E-state index contributed by atoms with van der Waals surface area (Å²) in [5.41, 5.74) is 2.08. The van der Waals surface area contributed by atoms with Gasteiger partial charge in [-0.25, -0.2) is 13.4 Å². The van der Waals surface area contributed by atoms with Gasteiger partial charge in [-0.2, -0.15) is 9.41 Å². The molecule has 3 rings (SSSR count). The predicted molar refractivity (Wildman–Crippen MR) is 108 cm³/mol. The van der Waals surface area contributed by atoms with Crippen molar-refractivity contribution < 1.29 is 18.4 Å². The summed E-state index contributed by atoms with van der Waals surface area (Å²) in [5.74, 6) is -0.309. The first-order valence-electron chi connectivity index (χ1n) is 8.71. The number of aromatic hydroxyl groups is 1. The third kappa shape index (κ3) is 4.81. The second kappa shape index (κ2) is 8.72. The summed E-state index contributed by atoms with van der Waals surface area (Å²) < 4.78 is 26.6. The Morgan fingerprint density at radius 3 is 2.62 bits per heavy atom. The summed E-state index contributed by atoms with van der Waals surface area (Å²) in [6, 6.07) is 5.23. The van der Waals surface area contributed by atoms with E-state index in [1.54, 1.807) is 0 Å². The van der Waals surface area contributed by atoms with E-state index >= 15 is 0 Å². The van der Waals surface area contributed by atoms with Crippen LogP contribution in [0.2, 0.25) is 5.02 Å².